The van der Waals surface area contributed by atoms with Crippen LogP contribution in [0.4, 0.5) is 0 Å². The Balaban J connectivity index is 1.52. The molecular weight excluding hydrogens is 302 g/mol. The Morgan fingerprint density at radius 1 is 1.21 bits per heavy atom. The van der Waals surface area contributed by atoms with Gasteiger partial charge in [-0.25, -0.2) is 4.98 Å². The molecule has 5 heteroatoms. The SMILES string of the molecule is COc1cccc(CCC(=O)NCc2ccc3c(c2)ncn3C)c1. The number of carbonyl (C=O) groups is 1. The van der Waals surface area contributed by atoms with Crippen molar-refractivity contribution < 1.29 is 9.53 Å². The molecule has 0 saturated carbocycles. The van der Waals surface area contributed by atoms with Crippen LogP contribution in [0.15, 0.2) is 48.8 Å². The Morgan fingerprint density at radius 2 is 2.08 bits per heavy atom. The van der Waals surface area contributed by atoms with Crippen LogP contribution in [0.25, 0.3) is 11.0 Å². The number of fused-ring (bicyclic) bond motifs is 1. The highest BCUT2D eigenvalue weighted by molar-refractivity contribution is 5.77. The average molecular weight is 323 g/mol. The lowest BCUT2D eigenvalue weighted by Crippen LogP contribution is -2.23. The Hall–Kier alpha value is -2.82. The molecule has 0 fully saturated rings. The summed E-state index contributed by atoms with van der Waals surface area (Å²) < 4.78 is 7.17. The van der Waals surface area contributed by atoms with Crippen LogP contribution in [0.2, 0.25) is 0 Å². The third-order valence-corrected chi connectivity index (χ3v) is 4.05. The van der Waals surface area contributed by atoms with E-state index < -0.39 is 0 Å². The summed E-state index contributed by atoms with van der Waals surface area (Å²) in [7, 11) is 3.61. The zero-order valence-corrected chi connectivity index (χ0v) is 14.0. The highest BCUT2D eigenvalue weighted by Crippen LogP contribution is 2.15. The lowest BCUT2D eigenvalue weighted by Gasteiger charge is -2.07. The number of hydrogen-bond acceptors (Lipinski definition) is 3. The summed E-state index contributed by atoms with van der Waals surface area (Å²) in [5.74, 6) is 0.857. The van der Waals surface area contributed by atoms with E-state index >= 15 is 0 Å². The number of amides is 1. The smallest absolute Gasteiger partial charge is 0.220 e. The fourth-order valence-corrected chi connectivity index (χ4v) is 2.67. The van der Waals surface area contributed by atoms with Gasteiger partial charge in [0.25, 0.3) is 0 Å². The van der Waals surface area contributed by atoms with Gasteiger partial charge in [0, 0.05) is 20.0 Å². The first-order chi connectivity index (χ1) is 11.7. The summed E-state index contributed by atoms with van der Waals surface area (Å²) in [6.45, 7) is 0.517. The van der Waals surface area contributed by atoms with Gasteiger partial charge in [-0.2, -0.15) is 0 Å². The summed E-state index contributed by atoms with van der Waals surface area (Å²) in [6.07, 6.45) is 2.95. The number of benzene rings is 2. The van der Waals surface area contributed by atoms with E-state index in [9.17, 15) is 4.79 Å². The first-order valence-electron chi connectivity index (χ1n) is 7.95. The molecule has 3 aromatic rings. The van der Waals surface area contributed by atoms with E-state index in [0.717, 1.165) is 27.9 Å². The zero-order chi connectivity index (χ0) is 16.9. The number of methoxy groups -OCH3 is 1. The number of ether oxygens (including phenoxy) is 1. The molecule has 124 valence electrons. The molecule has 3 rings (SSSR count). The Kier molecular flexibility index (Phi) is 4.79. The topological polar surface area (TPSA) is 56.1 Å². The maximum Gasteiger partial charge on any atom is 0.220 e. The first-order valence-corrected chi connectivity index (χ1v) is 7.95. The Bertz CT molecular complexity index is 855. The number of nitrogens with one attached hydrogen (secondary N) is 1. The molecule has 0 aliphatic heterocycles. The summed E-state index contributed by atoms with van der Waals surface area (Å²) in [5, 5.41) is 2.96. The third-order valence-electron chi connectivity index (χ3n) is 4.05. The molecule has 0 bridgehead atoms. The van der Waals surface area contributed by atoms with E-state index in [1.54, 1.807) is 13.4 Å². The van der Waals surface area contributed by atoms with Gasteiger partial charge in [-0.15, -0.1) is 0 Å². The molecule has 2 aromatic carbocycles. The average Bonchev–Trinajstić information content (AvgIpc) is 2.99. The summed E-state index contributed by atoms with van der Waals surface area (Å²) in [5.41, 5.74) is 4.18. The Labute approximate surface area is 141 Å². The predicted molar refractivity (Wildman–Crippen MR) is 93.9 cm³/mol. The maximum atomic E-state index is 12.0. The molecule has 0 spiro atoms. The van der Waals surface area contributed by atoms with Gasteiger partial charge in [0.05, 0.1) is 24.5 Å². The van der Waals surface area contributed by atoms with Crippen LogP contribution in [0.3, 0.4) is 0 Å². The van der Waals surface area contributed by atoms with E-state index in [4.69, 9.17) is 4.74 Å². The zero-order valence-electron chi connectivity index (χ0n) is 14.0. The lowest BCUT2D eigenvalue weighted by molar-refractivity contribution is -0.121. The van der Waals surface area contributed by atoms with E-state index in [0.29, 0.717) is 19.4 Å². The highest BCUT2D eigenvalue weighted by Gasteiger charge is 2.05. The van der Waals surface area contributed by atoms with Crippen LogP contribution < -0.4 is 10.1 Å². The van der Waals surface area contributed by atoms with Crippen LogP contribution in [-0.2, 0) is 24.8 Å². The van der Waals surface area contributed by atoms with E-state index in [2.05, 4.69) is 10.3 Å². The fraction of sp³-hybridized carbons (Fsp3) is 0.263. The standard InChI is InChI=1S/C19H21N3O2/c1-22-13-21-17-11-15(6-8-18(17)22)12-20-19(23)9-7-14-4-3-5-16(10-14)24-2/h3-6,8,10-11,13H,7,9,12H2,1-2H3,(H,20,23). The first kappa shape index (κ1) is 16.1. The molecule has 0 saturated heterocycles. The molecule has 0 radical (unpaired) electrons. The van der Waals surface area contributed by atoms with Gasteiger partial charge in [0.15, 0.2) is 0 Å². The van der Waals surface area contributed by atoms with Crippen molar-refractivity contribution in [2.45, 2.75) is 19.4 Å². The van der Waals surface area contributed by atoms with Crippen molar-refractivity contribution >= 4 is 16.9 Å². The molecule has 1 aromatic heterocycles. The molecule has 1 heterocycles. The third kappa shape index (κ3) is 3.74. The van der Waals surface area contributed by atoms with Crippen LogP contribution in [0, 0.1) is 0 Å². The number of hydrogen-bond donors (Lipinski definition) is 1. The van der Waals surface area contributed by atoms with Gasteiger partial charge in [-0.3, -0.25) is 4.79 Å². The van der Waals surface area contributed by atoms with Crippen LogP contribution in [-0.4, -0.2) is 22.6 Å². The van der Waals surface area contributed by atoms with Crippen LogP contribution in [0.1, 0.15) is 17.5 Å². The van der Waals surface area contributed by atoms with E-state index in [1.165, 1.54) is 0 Å². The Morgan fingerprint density at radius 3 is 2.92 bits per heavy atom. The highest BCUT2D eigenvalue weighted by atomic mass is 16.5. The number of aryl methyl sites for hydroxylation is 2. The van der Waals surface area contributed by atoms with Gasteiger partial charge in [-0.05, 0) is 41.8 Å². The minimum Gasteiger partial charge on any atom is -0.497 e. The molecule has 24 heavy (non-hydrogen) atoms. The number of rotatable bonds is 6. The van der Waals surface area contributed by atoms with Crippen molar-refractivity contribution in [2.24, 2.45) is 7.05 Å². The molecule has 5 nitrogen and oxygen atoms in total. The van der Waals surface area contributed by atoms with E-state index in [-0.39, 0.29) is 5.91 Å². The maximum absolute atomic E-state index is 12.0. The molecule has 0 aliphatic carbocycles. The minimum atomic E-state index is 0.0407. The van der Waals surface area contributed by atoms with Gasteiger partial charge < -0.3 is 14.6 Å². The van der Waals surface area contributed by atoms with E-state index in [1.807, 2.05) is 54.1 Å². The number of aromatic nitrogens is 2. The van der Waals surface area contributed by atoms with Crippen molar-refractivity contribution in [2.75, 3.05) is 7.11 Å². The molecule has 0 unspecified atom stereocenters. The second-order valence-electron chi connectivity index (χ2n) is 5.81. The monoisotopic (exact) mass is 323 g/mol. The lowest BCUT2D eigenvalue weighted by atomic mass is 10.1. The summed E-state index contributed by atoms with van der Waals surface area (Å²) >= 11 is 0. The number of imidazole rings is 1. The van der Waals surface area contributed by atoms with Crippen molar-refractivity contribution in [3.05, 3.63) is 59.9 Å². The van der Waals surface area contributed by atoms with Gasteiger partial charge in [0.2, 0.25) is 5.91 Å². The van der Waals surface area contributed by atoms with Gasteiger partial charge in [-0.1, -0.05) is 18.2 Å². The van der Waals surface area contributed by atoms with Crippen molar-refractivity contribution in [3.63, 3.8) is 0 Å². The van der Waals surface area contributed by atoms with Crippen LogP contribution in [0.5, 0.6) is 5.75 Å². The number of nitrogens with zero attached hydrogens (tertiary/aromatic N) is 2. The number of carbonyl (C=O) groups excluding carboxylic acids is 1. The second-order valence-corrected chi connectivity index (χ2v) is 5.81. The van der Waals surface area contributed by atoms with Crippen molar-refractivity contribution in [1.82, 2.24) is 14.9 Å². The second kappa shape index (κ2) is 7.17. The molecule has 1 amide bonds. The normalized spacial score (nSPS) is 10.8. The van der Waals surface area contributed by atoms with Gasteiger partial charge in [0.1, 0.15) is 5.75 Å². The summed E-state index contributed by atoms with van der Waals surface area (Å²) in [6, 6.07) is 13.9. The van der Waals surface area contributed by atoms with Crippen molar-refractivity contribution in [3.8, 4) is 5.75 Å². The van der Waals surface area contributed by atoms with Gasteiger partial charge >= 0.3 is 0 Å². The molecule has 1 N–H and O–H groups in total. The molecule has 0 atom stereocenters. The molecule has 0 aliphatic rings. The van der Waals surface area contributed by atoms with Crippen LogP contribution >= 0.6 is 0 Å². The summed E-state index contributed by atoms with van der Waals surface area (Å²) in [4.78, 5) is 16.4. The predicted octanol–water partition coefficient (Wildman–Crippen LogP) is 2.83. The minimum absolute atomic E-state index is 0.0407. The fourth-order valence-electron chi connectivity index (χ4n) is 2.67. The molecular formula is C19H21N3O2. The largest absolute Gasteiger partial charge is 0.497 e. The van der Waals surface area contributed by atoms with Crippen molar-refractivity contribution in [1.29, 1.82) is 0 Å². The quantitative estimate of drug-likeness (QED) is 0.759.